The van der Waals surface area contributed by atoms with Crippen LogP contribution in [0.25, 0.3) is 11.0 Å². The topological polar surface area (TPSA) is 58.4 Å². The van der Waals surface area contributed by atoms with E-state index in [0.29, 0.717) is 51.7 Å². The second-order valence-corrected chi connectivity index (χ2v) is 10.8. The SMILES string of the molecule is Cc1cc(C(F)(F)P)cc2c1nc(Cc1c(Cl)ccc(C(=O)N3CCC(C(C)O)CC3)c1Cl)n2C. The molecular weight excluding hydrogens is 514 g/mol. The number of aliphatic hydroxyl groups is 1. The average molecular weight is 542 g/mol. The van der Waals surface area contributed by atoms with Crippen LogP contribution in [0.5, 0.6) is 0 Å². The maximum atomic E-state index is 13.9. The molecule has 2 heterocycles. The lowest BCUT2D eigenvalue weighted by molar-refractivity contribution is 0.0521. The second kappa shape index (κ2) is 9.93. The van der Waals surface area contributed by atoms with Crippen LogP contribution >= 0.6 is 32.4 Å². The summed E-state index contributed by atoms with van der Waals surface area (Å²) in [5.74, 6) is 0.603. The van der Waals surface area contributed by atoms with Crippen molar-refractivity contribution in [2.45, 2.75) is 44.9 Å². The first-order chi connectivity index (χ1) is 16.4. The van der Waals surface area contributed by atoms with E-state index in [-0.39, 0.29) is 28.8 Å². The van der Waals surface area contributed by atoms with Crippen molar-refractivity contribution in [2.75, 3.05) is 13.1 Å². The van der Waals surface area contributed by atoms with E-state index in [0.717, 1.165) is 12.8 Å². The van der Waals surface area contributed by atoms with Crippen LogP contribution in [-0.2, 0) is 19.1 Å². The van der Waals surface area contributed by atoms with E-state index in [9.17, 15) is 18.7 Å². The predicted octanol–water partition coefficient (Wildman–Crippen LogP) is 5.94. The van der Waals surface area contributed by atoms with Gasteiger partial charge in [-0.25, -0.2) is 4.98 Å². The molecule has 2 aromatic carbocycles. The number of carbonyl (C=O) groups excluding carboxylic acids is 1. The summed E-state index contributed by atoms with van der Waals surface area (Å²) in [6, 6.07) is 6.15. The molecule has 2 unspecified atom stereocenters. The Kier molecular flexibility index (Phi) is 7.46. The first-order valence-corrected chi connectivity index (χ1v) is 12.8. The molecule has 1 aromatic heterocycles. The Morgan fingerprint density at radius 3 is 2.54 bits per heavy atom. The van der Waals surface area contributed by atoms with Gasteiger partial charge in [-0.05, 0) is 68.0 Å². The Balaban J connectivity index is 1.65. The van der Waals surface area contributed by atoms with Crippen molar-refractivity contribution in [1.82, 2.24) is 14.5 Å². The minimum Gasteiger partial charge on any atom is -0.393 e. The summed E-state index contributed by atoms with van der Waals surface area (Å²) in [5, 5.41) is 10.5. The summed E-state index contributed by atoms with van der Waals surface area (Å²) in [5.41, 5.74) is -0.382. The summed E-state index contributed by atoms with van der Waals surface area (Å²) >= 11 is 13.2. The zero-order valence-corrected chi connectivity index (χ0v) is 22.5. The van der Waals surface area contributed by atoms with Crippen LogP contribution in [-0.4, -0.2) is 44.7 Å². The number of aryl methyl sites for hydroxylation is 2. The van der Waals surface area contributed by atoms with E-state index in [4.69, 9.17) is 23.2 Å². The smallest absolute Gasteiger partial charge is 0.283 e. The highest BCUT2D eigenvalue weighted by Gasteiger charge is 2.29. The molecule has 1 N–H and O–H groups in total. The summed E-state index contributed by atoms with van der Waals surface area (Å²) in [4.78, 5) is 19.7. The number of hydrogen-bond donors (Lipinski definition) is 1. The van der Waals surface area contributed by atoms with Crippen molar-refractivity contribution < 1.29 is 18.7 Å². The molecule has 1 fully saturated rings. The van der Waals surface area contributed by atoms with Crippen LogP contribution in [0.1, 0.15) is 52.6 Å². The van der Waals surface area contributed by atoms with Crippen LogP contribution in [0.15, 0.2) is 24.3 Å². The Morgan fingerprint density at radius 1 is 1.29 bits per heavy atom. The van der Waals surface area contributed by atoms with Gasteiger partial charge in [-0.2, -0.15) is 8.78 Å². The number of carbonyl (C=O) groups is 1. The van der Waals surface area contributed by atoms with Gasteiger partial charge in [0.05, 0.1) is 27.7 Å². The number of alkyl halides is 2. The molecule has 35 heavy (non-hydrogen) atoms. The number of fused-ring (bicyclic) bond motifs is 1. The second-order valence-electron chi connectivity index (χ2n) is 9.31. The van der Waals surface area contributed by atoms with Gasteiger partial charge in [0.1, 0.15) is 5.82 Å². The van der Waals surface area contributed by atoms with Crippen molar-refractivity contribution in [3.05, 3.63) is 62.4 Å². The quantitative estimate of drug-likeness (QED) is 0.407. The third kappa shape index (κ3) is 5.20. The third-order valence-electron chi connectivity index (χ3n) is 6.92. The minimum atomic E-state index is -3.05. The molecule has 10 heteroatoms. The van der Waals surface area contributed by atoms with Gasteiger partial charge in [0.15, 0.2) is 0 Å². The number of hydrogen-bond acceptors (Lipinski definition) is 3. The monoisotopic (exact) mass is 541 g/mol. The van der Waals surface area contributed by atoms with Gasteiger partial charge in [0, 0.05) is 37.1 Å². The number of benzene rings is 2. The van der Waals surface area contributed by atoms with E-state index in [1.54, 1.807) is 51.7 Å². The molecule has 1 saturated heterocycles. The molecule has 1 aliphatic heterocycles. The first-order valence-electron chi connectivity index (χ1n) is 11.5. The number of imidazole rings is 1. The van der Waals surface area contributed by atoms with Gasteiger partial charge in [0.2, 0.25) is 0 Å². The Morgan fingerprint density at radius 2 is 1.94 bits per heavy atom. The van der Waals surface area contributed by atoms with E-state index in [1.165, 1.54) is 12.1 Å². The van der Waals surface area contributed by atoms with Gasteiger partial charge in [-0.15, -0.1) is 0 Å². The largest absolute Gasteiger partial charge is 0.393 e. The molecule has 0 radical (unpaired) electrons. The Hall–Kier alpha value is -1.79. The van der Waals surface area contributed by atoms with Crippen LogP contribution in [0.4, 0.5) is 8.78 Å². The summed E-state index contributed by atoms with van der Waals surface area (Å²) < 4.78 is 29.6. The lowest BCUT2D eigenvalue weighted by atomic mass is 9.92. The molecule has 188 valence electrons. The molecule has 5 nitrogen and oxygen atoms in total. The van der Waals surface area contributed by atoms with Crippen molar-refractivity contribution in [3.8, 4) is 0 Å². The summed E-state index contributed by atoms with van der Waals surface area (Å²) in [7, 11) is 3.33. The molecule has 3 aromatic rings. The number of nitrogens with zero attached hydrogens (tertiary/aromatic N) is 3. The summed E-state index contributed by atoms with van der Waals surface area (Å²) in [6.07, 6.45) is 1.31. The zero-order chi connectivity index (χ0) is 25.7. The van der Waals surface area contributed by atoms with Gasteiger partial charge in [-0.1, -0.05) is 32.4 Å². The van der Waals surface area contributed by atoms with Crippen LogP contribution in [0.2, 0.25) is 10.0 Å². The minimum absolute atomic E-state index is 0.106. The Labute approximate surface area is 215 Å². The maximum absolute atomic E-state index is 13.9. The van der Waals surface area contributed by atoms with Gasteiger partial charge in [0.25, 0.3) is 11.6 Å². The van der Waals surface area contributed by atoms with Gasteiger partial charge >= 0.3 is 0 Å². The van der Waals surface area contributed by atoms with Crippen molar-refractivity contribution in [3.63, 3.8) is 0 Å². The number of amides is 1. The number of piperidine rings is 1. The predicted molar refractivity (Wildman–Crippen MR) is 139 cm³/mol. The number of halogens is 4. The van der Waals surface area contributed by atoms with Crippen LogP contribution in [0, 0.1) is 12.8 Å². The maximum Gasteiger partial charge on any atom is 0.283 e. The normalized spacial score (nSPS) is 16.2. The highest BCUT2D eigenvalue weighted by molar-refractivity contribution is 7.17. The average Bonchev–Trinajstić information content (AvgIpc) is 3.11. The summed E-state index contributed by atoms with van der Waals surface area (Å²) in [6.45, 7) is 4.63. The highest BCUT2D eigenvalue weighted by atomic mass is 35.5. The number of aromatic nitrogens is 2. The molecule has 0 aliphatic carbocycles. The molecule has 0 spiro atoms. The van der Waals surface area contributed by atoms with Crippen molar-refractivity contribution in [2.24, 2.45) is 13.0 Å². The zero-order valence-electron chi connectivity index (χ0n) is 19.8. The standard InChI is InChI=1S/C25H28Cl2F2N3O2P/c1-13-10-16(25(28,29)35)11-20-23(13)30-21(31(20)3)12-18-19(26)5-4-17(22(18)27)24(34)32-8-6-15(7-9-32)14(2)33/h4-5,10-11,14-15,33H,6-9,12,35H2,1-3H3. The molecule has 0 saturated carbocycles. The van der Waals surface area contributed by atoms with Crippen molar-refractivity contribution >= 4 is 49.4 Å². The molecular formula is C25H28Cl2F2N3O2P. The number of aliphatic hydroxyl groups excluding tert-OH is 1. The van der Waals surface area contributed by atoms with E-state index in [1.807, 2.05) is 0 Å². The fraction of sp³-hybridized carbons (Fsp3) is 0.440. The lowest BCUT2D eigenvalue weighted by Gasteiger charge is -2.33. The van der Waals surface area contributed by atoms with E-state index >= 15 is 0 Å². The van der Waals surface area contributed by atoms with E-state index in [2.05, 4.69) is 4.98 Å². The molecule has 4 rings (SSSR count). The lowest BCUT2D eigenvalue weighted by Crippen LogP contribution is -2.40. The van der Waals surface area contributed by atoms with Crippen molar-refractivity contribution in [1.29, 1.82) is 0 Å². The molecule has 2 atom stereocenters. The fourth-order valence-corrected chi connectivity index (χ4v) is 5.45. The van der Waals surface area contributed by atoms with Crippen LogP contribution < -0.4 is 0 Å². The highest BCUT2D eigenvalue weighted by Crippen LogP contribution is 2.38. The van der Waals surface area contributed by atoms with E-state index < -0.39 is 11.8 Å². The fourth-order valence-electron chi connectivity index (χ4n) is 4.69. The number of rotatable bonds is 5. The van der Waals surface area contributed by atoms with Gasteiger partial charge in [-0.3, -0.25) is 4.79 Å². The molecule has 1 aliphatic rings. The molecule has 0 bridgehead atoms. The molecule has 1 amide bonds. The third-order valence-corrected chi connectivity index (χ3v) is 8.03. The first kappa shape index (κ1) is 26.3. The van der Waals surface area contributed by atoms with Gasteiger partial charge < -0.3 is 14.6 Å². The van der Waals surface area contributed by atoms with Crippen LogP contribution in [0.3, 0.4) is 0 Å². The Bertz CT molecular complexity index is 1280. The number of likely N-dealkylation sites (tertiary alicyclic amines) is 1.